The van der Waals surface area contributed by atoms with E-state index in [4.69, 9.17) is 4.74 Å². The molecule has 0 bridgehead atoms. The van der Waals surface area contributed by atoms with Crippen molar-refractivity contribution in [3.05, 3.63) is 55.1 Å². The van der Waals surface area contributed by atoms with Gasteiger partial charge in [-0.2, -0.15) is 0 Å². The third kappa shape index (κ3) is 2.47. The molecule has 0 aliphatic heterocycles. The molecule has 6 heteroatoms. The maximum Gasteiger partial charge on any atom is 0.180 e. The topological polar surface area (TPSA) is 64.3 Å². The van der Waals surface area contributed by atoms with Crippen LogP contribution < -0.4 is 5.32 Å². The summed E-state index contributed by atoms with van der Waals surface area (Å²) >= 11 is 0. The highest BCUT2D eigenvalue weighted by molar-refractivity contribution is 5.93. The fraction of sp³-hybridized carbons (Fsp3) is 0.167. The number of aromatic nitrogens is 4. The molecule has 0 aliphatic carbocycles. The van der Waals surface area contributed by atoms with Gasteiger partial charge in [0.25, 0.3) is 0 Å². The van der Waals surface area contributed by atoms with Crippen molar-refractivity contribution in [1.82, 2.24) is 19.4 Å². The van der Waals surface area contributed by atoms with E-state index in [-0.39, 0.29) is 0 Å². The van der Waals surface area contributed by atoms with E-state index >= 15 is 0 Å². The highest BCUT2D eigenvalue weighted by atomic mass is 16.5. The largest absolute Gasteiger partial charge is 0.383 e. The predicted molar refractivity (Wildman–Crippen MR) is 94.1 cm³/mol. The van der Waals surface area contributed by atoms with E-state index in [9.17, 15) is 0 Å². The summed E-state index contributed by atoms with van der Waals surface area (Å²) in [6, 6.07) is 10.2. The molecule has 0 saturated heterocycles. The van der Waals surface area contributed by atoms with Gasteiger partial charge in [0.15, 0.2) is 11.5 Å². The summed E-state index contributed by atoms with van der Waals surface area (Å²) in [7, 11) is 1.68. The number of ether oxygens (including phenoxy) is 1. The van der Waals surface area contributed by atoms with Gasteiger partial charge in [-0.1, -0.05) is 24.3 Å². The number of para-hydroxylation sites is 1. The van der Waals surface area contributed by atoms with Crippen molar-refractivity contribution in [2.75, 3.05) is 25.6 Å². The van der Waals surface area contributed by atoms with Crippen LogP contribution in [0.15, 0.2) is 55.1 Å². The first-order valence-electron chi connectivity index (χ1n) is 7.77. The van der Waals surface area contributed by atoms with E-state index in [0.29, 0.717) is 13.2 Å². The molecule has 24 heavy (non-hydrogen) atoms. The molecule has 0 fully saturated rings. The van der Waals surface area contributed by atoms with Gasteiger partial charge in [0.2, 0.25) is 0 Å². The molecular formula is C18H17N5O. The first-order valence-corrected chi connectivity index (χ1v) is 7.77. The molecule has 120 valence electrons. The zero-order valence-corrected chi connectivity index (χ0v) is 13.3. The average Bonchev–Trinajstić information content (AvgIpc) is 3.06. The molecule has 6 nitrogen and oxygen atoms in total. The minimum Gasteiger partial charge on any atom is -0.383 e. The van der Waals surface area contributed by atoms with Crippen LogP contribution in [0.1, 0.15) is 0 Å². The molecule has 1 aromatic carbocycles. The Hall–Kier alpha value is -2.99. The van der Waals surface area contributed by atoms with Gasteiger partial charge in [0.1, 0.15) is 0 Å². The third-order valence-corrected chi connectivity index (χ3v) is 3.94. The molecule has 4 rings (SSSR count). The number of benzene rings is 1. The van der Waals surface area contributed by atoms with Crippen molar-refractivity contribution in [1.29, 1.82) is 0 Å². The van der Waals surface area contributed by atoms with E-state index < -0.39 is 0 Å². The lowest BCUT2D eigenvalue weighted by atomic mass is 10.1. The van der Waals surface area contributed by atoms with E-state index in [0.717, 1.165) is 33.6 Å². The van der Waals surface area contributed by atoms with E-state index in [1.165, 1.54) is 0 Å². The van der Waals surface area contributed by atoms with Gasteiger partial charge in [-0.15, -0.1) is 0 Å². The molecule has 0 unspecified atom stereocenters. The summed E-state index contributed by atoms with van der Waals surface area (Å²) in [6.45, 7) is 1.30. The van der Waals surface area contributed by atoms with Gasteiger partial charge in [-0.05, 0) is 6.07 Å². The van der Waals surface area contributed by atoms with Crippen molar-refractivity contribution in [2.45, 2.75) is 0 Å². The van der Waals surface area contributed by atoms with Crippen molar-refractivity contribution in [3.8, 4) is 11.3 Å². The lowest BCUT2D eigenvalue weighted by Gasteiger charge is -2.08. The zero-order valence-electron chi connectivity index (χ0n) is 13.3. The van der Waals surface area contributed by atoms with Gasteiger partial charge < -0.3 is 10.1 Å². The van der Waals surface area contributed by atoms with E-state index in [1.807, 2.05) is 35.1 Å². The molecule has 0 atom stereocenters. The van der Waals surface area contributed by atoms with E-state index in [1.54, 1.807) is 13.3 Å². The number of pyridine rings is 1. The minimum absolute atomic E-state index is 0.615. The third-order valence-electron chi connectivity index (χ3n) is 3.94. The summed E-state index contributed by atoms with van der Waals surface area (Å²) < 4.78 is 7.11. The highest BCUT2D eigenvalue weighted by Gasteiger charge is 2.12. The molecular weight excluding hydrogens is 302 g/mol. The maximum absolute atomic E-state index is 5.07. The number of fused-ring (bicyclic) bond motifs is 2. The second-order valence-corrected chi connectivity index (χ2v) is 5.41. The van der Waals surface area contributed by atoms with Crippen LogP contribution >= 0.6 is 0 Å². The lowest BCUT2D eigenvalue weighted by molar-refractivity contribution is 0.210. The Morgan fingerprint density at radius 2 is 2.00 bits per heavy atom. The number of hydrogen-bond acceptors (Lipinski definition) is 5. The monoisotopic (exact) mass is 319 g/mol. The molecule has 4 aromatic rings. The Kier molecular flexibility index (Phi) is 3.80. The molecule has 0 saturated carbocycles. The summed E-state index contributed by atoms with van der Waals surface area (Å²) in [5.74, 6) is 0.744. The van der Waals surface area contributed by atoms with E-state index in [2.05, 4.69) is 38.5 Å². The lowest BCUT2D eigenvalue weighted by Crippen LogP contribution is -2.10. The second-order valence-electron chi connectivity index (χ2n) is 5.41. The van der Waals surface area contributed by atoms with Crippen LogP contribution in [0.3, 0.4) is 0 Å². The average molecular weight is 319 g/mol. The SMILES string of the molecule is COCCNc1nccn2c(-c3cccc4cccnc34)cnc12. The summed E-state index contributed by atoms with van der Waals surface area (Å²) in [5.41, 5.74) is 3.80. The Bertz CT molecular complexity index is 990. The van der Waals surface area contributed by atoms with Crippen molar-refractivity contribution < 1.29 is 4.74 Å². The summed E-state index contributed by atoms with van der Waals surface area (Å²) in [5, 5.41) is 4.36. The maximum atomic E-state index is 5.07. The molecule has 3 aromatic heterocycles. The van der Waals surface area contributed by atoms with Crippen LogP contribution in [0.25, 0.3) is 27.8 Å². The fourth-order valence-electron chi connectivity index (χ4n) is 2.83. The zero-order chi connectivity index (χ0) is 16.4. The number of anilines is 1. The van der Waals surface area contributed by atoms with Crippen LogP contribution in [0.4, 0.5) is 5.82 Å². The summed E-state index contributed by atoms with van der Waals surface area (Å²) in [6.07, 6.45) is 7.36. The Morgan fingerprint density at radius 3 is 2.92 bits per heavy atom. The molecule has 0 spiro atoms. The van der Waals surface area contributed by atoms with Crippen molar-refractivity contribution >= 4 is 22.4 Å². The molecule has 0 radical (unpaired) electrons. The Morgan fingerprint density at radius 1 is 1.08 bits per heavy atom. The number of imidazole rings is 1. The van der Waals surface area contributed by atoms with Crippen LogP contribution in [0.2, 0.25) is 0 Å². The normalized spacial score (nSPS) is 11.2. The van der Waals surface area contributed by atoms with Gasteiger partial charge >= 0.3 is 0 Å². The van der Waals surface area contributed by atoms with Crippen molar-refractivity contribution in [3.63, 3.8) is 0 Å². The minimum atomic E-state index is 0.615. The number of methoxy groups -OCH3 is 1. The van der Waals surface area contributed by atoms with Crippen LogP contribution in [-0.2, 0) is 4.74 Å². The molecule has 0 aliphatic rings. The predicted octanol–water partition coefficient (Wildman–Crippen LogP) is 3.00. The van der Waals surface area contributed by atoms with Gasteiger partial charge in [0, 0.05) is 43.2 Å². The van der Waals surface area contributed by atoms with Gasteiger partial charge in [-0.3, -0.25) is 9.38 Å². The van der Waals surface area contributed by atoms with Crippen LogP contribution in [-0.4, -0.2) is 39.6 Å². The van der Waals surface area contributed by atoms with Crippen molar-refractivity contribution in [2.24, 2.45) is 0 Å². The number of nitrogens with zero attached hydrogens (tertiary/aromatic N) is 4. The number of nitrogens with one attached hydrogen (secondary N) is 1. The van der Waals surface area contributed by atoms with Crippen LogP contribution in [0.5, 0.6) is 0 Å². The van der Waals surface area contributed by atoms with Gasteiger partial charge in [-0.25, -0.2) is 9.97 Å². The first-order chi connectivity index (χ1) is 11.9. The summed E-state index contributed by atoms with van der Waals surface area (Å²) in [4.78, 5) is 13.5. The van der Waals surface area contributed by atoms with Gasteiger partial charge in [0.05, 0.1) is 24.0 Å². The fourth-order valence-corrected chi connectivity index (χ4v) is 2.83. The molecule has 3 heterocycles. The molecule has 0 amide bonds. The first kappa shape index (κ1) is 14.6. The molecule has 1 N–H and O–H groups in total. The second kappa shape index (κ2) is 6.25. The number of rotatable bonds is 5. The smallest absolute Gasteiger partial charge is 0.180 e. The van der Waals surface area contributed by atoms with Crippen LogP contribution in [0, 0.1) is 0 Å². The number of hydrogen-bond donors (Lipinski definition) is 1. The highest BCUT2D eigenvalue weighted by Crippen LogP contribution is 2.28. The Labute approximate surface area is 139 Å². The quantitative estimate of drug-likeness (QED) is 0.573. The standard InChI is InChI=1S/C18H17N5O/c1-24-11-9-21-17-18-22-12-15(23(18)10-8-20-17)14-6-2-4-13-5-3-7-19-16(13)14/h2-8,10,12H,9,11H2,1H3,(H,20,21). The Balaban J connectivity index is 1.84.